The summed E-state index contributed by atoms with van der Waals surface area (Å²) in [6.07, 6.45) is 10.7. The van der Waals surface area contributed by atoms with Crippen molar-refractivity contribution in [3.05, 3.63) is 48.5 Å². The van der Waals surface area contributed by atoms with Crippen molar-refractivity contribution in [1.82, 2.24) is 0 Å². The maximum Gasteiger partial charge on any atom is 0.119 e. The zero-order valence-corrected chi connectivity index (χ0v) is 22.9. The van der Waals surface area contributed by atoms with Gasteiger partial charge in [0.2, 0.25) is 0 Å². The van der Waals surface area contributed by atoms with E-state index in [9.17, 15) is 0 Å². The molecule has 0 unspecified atom stereocenters. The molecule has 0 spiro atoms. The van der Waals surface area contributed by atoms with E-state index in [4.69, 9.17) is 9.47 Å². The topological polar surface area (TPSA) is 24.9 Å². The molecule has 4 nitrogen and oxygen atoms in total. The Morgan fingerprint density at radius 3 is 1.06 bits per heavy atom. The van der Waals surface area contributed by atoms with Crippen LogP contribution < -0.4 is 19.3 Å². The SMILES string of the molecule is CCCCN(CCCC)c1ccc(OCCCOc2ccc(N(CCCC)CCCC)cc2)cc1. The van der Waals surface area contributed by atoms with E-state index >= 15 is 0 Å². The zero-order chi connectivity index (χ0) is 25.1. The van der Waals surface area contributed by atoms with E-state index in [1.807, 2.05) is 0 Å². The summed E-state index contributed by atoms with van der Waals surface area (Å²) >= 11 is 0. The highest BCUT2D eigenvalue weighted by Gasteiger charge is 2.07. The molecule has 0 amide bonds. The third kappa shape index (κ3) is 11.3. The zero-order valence-electron chi connectivity index (χ0n) is 22.9. The van der Waals surface area contributed by atoms with Crippen molar-refractivity contribution in [3.63, 3.8) is 0 Å². The molecular formula is C31H50N2O2. The fourth-order valence-corrected chi connectivity index (χ4v) is 4.08. The standard InChI is InChI=1S/C31H50N2O2/c1-5-9-22-32(23-10-6-2)28-14-18-30(19-15-28)34-26-13-27-35-31-20-16-29(17-21-31)33(24-11-7-3)25-12-8-4/h14-21H,5-13,22-27H2,1-4H3. The Morgan fingerprint density at radius 1 is 0.457 bits per heavy atom. The Hall–Kier alpha value is -2.36. The predicted molar refractivity (Wildman–Crippen MR) is 153 cm³/mol. The first kappa shape index (κ1) is 28.9. The van der Waals surface area contributed by atoms with Gasteiger partial charge in [0.1, 0.15) is 11.5 Å². The summed E-state index contributed by atoms with van der Waals surface area (Å²) in [4.78, 5) is 5.01. The van der Waals surface area contributed by atoms with Gasteiger partial charge in [0.05, 0.1) is 13.2 Å². The Kier molecular flexibility index (Phi) is 14.8. The van der Waals surface area contributed by atoms with Gasteiger partial charge in [-0.3, -0.25) is 0 Å². The molecule has 2 aromatic carbocycles. The molecule has 0 atom stereocenters. The number of anilines is 2. The molecule has 2 rings (SSSR count). The summed E-state index contributed by atoms with van der Waals surface area (Å²) in [7, 11) is 0. The summed E-state index contributed by atoms with van der Waals surface area (Å²) in [5, 5.41) is 0. The Balaban J connectivity index is 1.73. The number of benzene rings is 2. The van der Waals surface area contributed by atoms with Crippen LogP contribution in [0.1, 0.15) is 85.5 Å². The maximum absolute atomic E-state index is 5.96. The highest BCUT2D eigenvalue weighted by molar-refractivity contribution is 5.49. The van der Waals surface area contributed by atoms with Gasteiger partial charge >= 0.3 is 0 Å². The summed E-state index contributed by atoms with van der Waals surface area (Å²) in [6.45, 7) is 14.9. The van der Waals surface area contributed by atoms with Gasteiger partial charge in [-0.25, -0.2) is 0 Å². The Labute approximate surface area is 215 Å². The second kappa shape index (κ2) is 18.0. The highest BCUT2D eigenvalue weighted by Crippen LogP contribution is 2.22. The largest absolute Gasteiger partial charge is 0.493 e. The first-order chi connectivity index (χ1) is 17.2. The lowest BCUT2D eigenvalue weighted by Crippen LogP contribution is -2.25. The smallest absolute Gasteiger partial charge is 0.119 e. The van der Waals surface area contributed by atoms with Crippen LogP contribution in [0.15, 0.2) is 48.5 Å². The molecule has 0 fully saturated rings. The molecule has 0 radical (unpaired) electrons. The lowest BCUT2D eigenvalue weighted by atomic mass is 10.2. The molecule has 0 aliphatic carbocycles. The van der Waals surface area contributed by atoms with Crippen molar-refractivity contribution < 1.29 is 9.47 Å². The molecule has 0 saturated carbocycles. The van der Waals surface area contributed by atoms with Crippen molar-refractivity contribution in [2.75, 3.05) is 49.2 Å². The molecule has 0 aliphatic rings. The summed E-state index contributed by atoms with van der Waals surface area (Å²) in [6, 6.07) is 17.2. The number of unbranched alkanes of at least 4 members (excludes halogenated alkanes) is 4. The number of hydrogen-bond donors (Lipinski definition) is 0. The maximum atomic E-state index is 5.96. The van der Waals surface area contributed by atoms with Gasteiger partial charge in [-0.2, -0.15) is 0 Å². The Morgan fingerprint density at radius 2 is 0.771 bits per heavy atom. The third-order valence-electron chi connectivity index (χ3n) is 6.36. The first-order valence-corrected chi connectivity index (χ1v) is 14.2. The van der Waals surface area contributed by atoms with E-state index in [2.05, 4.69) is 86.0 Å². The van der Waals surface area contributed by atoms with Crippen LogP contribution in [0.3, 0.4) is 0 Å². The van der Waals surface area contributed by atoms with E-state index in [1.54, 1.807) is 0 Å². The highest BCUT2D eigenvalue weighted by atomic mass is 16.5. The van der Waals surface area contributed by atoms with Gasteiger partial charge in [-0.15, -0.1) is 0 Å². The van der Waals surface area contributed by atoms with Crippen LogP contribution in [0.2, 0.25) is 0 Å². The minimum Gasteiger partial charge on any atom is -0.493 e. The molecule has 2 aromatic rings. The molecule has 196 valence electrons. The summed E-state index contributed by atoms with van der Waals surface area (Å²) in [5.74, 6) is 1.87. The third-order valence-corrected chi connectivity index (χ3v) is 6.36. The van der Waals surface area contributed by atoms with Crippen molar-refractivity contribution >= 4 is 11.4 Å². The van der Waals surface area contributed by atoms with Crippen molar-refractivity contribution in [2.45, 2.75) is 85.5 Å². The van der Waals surface area contributed by atoms with Crippen molar-refractivity contribution in [3.8, 4) is 11.5 Å². The molecular weight excluding hydrogens is 432 g/mol. The molecule has 35 heavy (non-hydrogen) atoms. The Bertz CT molecular complexity index is 679. The van der Waals surface area contributed by atoms with E-state index in [-0.39, 0.29) is 0 Å². The van der Waals surface area contributed by atoms with Crippen molar-refractivity contribution in [2.24, 2.45) is 0 Å². The van der Waals surface area contributed by atoms with E-state index < -0.39 is 0 Å². The van der Waals surface area contributed by atoms with Crippen molar-refractivity contribution in [1.29, 1.82) is 0 Å². The predicted octanol–water partition coefficient (Wildman–Crippen LogP) is 8.35. The monoisotopic (exact) mass is 482 g/mol. The van der Waals surface area contributed by atoms with Crippen LogP contribution in [0.25, 0.3) is 0 Å². The van der Waals surface area contributed by atoms with Gasteiger partial charge in [-0.1, -0.05) is 53.4 Å². The molecule has 4 heteroatoms. The quantitative estimate of drug-likeness (QED) is 0.177. The fourth-order valence-electron chi connectivity index (χ4n) is 4.08. The van der Waals surface area contributed by atoms with Gasteiger partial charge in [0.25, 0.3) is 0 Å². The summed E-state index contributed by atoms with van der Waals surface area (Å²) < 4.78 is 11.9. The lowest BCUT2D eigenvalue weighted by molar-refractivity contribution is 0.247. The molecule has 0 aliphatic heterocycles. The molecule has 0 bridgehead atoms. The van der Waals surface area contributed by atoms with E-state index in [0.717, 1.165) is 44.1 Å². The second-order valence-corrected chi connectivity index (χ2v) is 9.43. The van der Waals surface area contributed by atoms with Gasteiger partial charge in [-0.05, 0) is 74.2 Å². The summed E-state index contributed by atoms with van der Waals surface area (Å²) in [5.41, 5.74) is 2.60. The number of hydrogen-bond acceptors (Lipinski definition) is 4. The van der Waals surface area contributed by atoms with Crippen LogP contribution in [0.4, 0.5) is 11.4 Å². The normalized spacial score (nSPS) is 10.9. The van der Waals surface area contributed by atoms with Crippen LogP contribution in [-0.2, 0) is 0 Å². The average molecular weight is 483 g/mol. The van der Waals surface area contributed by atoms with E-state index in [0.29, 0.717) is 13.2 Å². The fraction of sp³-hybridized carbons (Fsp3) is 0.613. The second-order valence-electron chi connectivity index (χ2n) is 9.43. The molecule has 0 heterocycles. The average Bonchev–Trinajstić information content (AvgIpc) is 2.90. The minimum atomic E-state index is 0.661. The first-order valence-electron chi connectivity index (χ1n) is 14.2. The number of nitrogens with zero attached hydrogens (tertiary/aromatic N) is 2. The number of ether oxygens (including phenoxy) is 2. The molecule has 0 saturated heterocycles. The van der Waals surface area contributed by atoms with Gasteiger partial charge in [0, 0.05) is 44.0 Å². The van der Waals surface area contributed by atoms with E-state index in [1.165, 1.54) is 62.7 Å². The van der Waals surface area contributed by atoms with Crippen LogP contribution in [0, 0.1) is 0 Å². The minimum absolute atomic E-state index is 0.661. The van der Waals surface area contributed by atoms with Gasteiger partial charge < -0.3 is 19.3 Å². The number of rotatable bonds is 20. The van der Waals surface area contributed by atoms with Crippen LogP contribution >= 0.6 is 0 Å². The lowest BCUT2D eigenvalue weighted by Gasteiger charge is -2.25. The van der Waals surface area contributed by atoms with Crippen LogP contribution in [-0.4, -0.2) is 39.4 Å². The van der Waals surface area contributed by atoms with Crippen LogP contribution in [0.5, 0.6) is 11.5 Å². The molecule has 0 aromatic heterocycles. The molecule has 0 N–H and O–H groups in total. The van der Waals surface area contributed by atoms with Gasteiger partial charge in [0.15, 0.2) is 0 Å².